The van der Waals surface area contributed by atoms with Gasteiger partial charge in [-0.3, -0.25) is 4.79 Å². The average molecular weight is 313 g/mol. The maximum absolute atomic E-state index is 12.2. The monoisotopic (exact) mass is 313 g/mol. The number of nitrogens with one attached hydrogen (secondary N) is 1. The predicted molar refractivity (Wildman–Crippen MR) is 70.5 cm³/mol. The molecule has 0 unspecified atom stereocenters. The lowest BCUT2D eigenvalue weighted by atomic mass is 10.1. The zero-order valence-corrected chi connectivity index (χ0v) is 11.2. The van der Waals surface area contributed by atoms with Crippen molar-refractivity contribution in [3.8, 4) is 16.9 Å². The van der Waals surface area contributed by atoms with Gasteiger partial charge in [-0.05, 0) is 29.8 Å². The number of rotatable bonds is 3. The van der Waals surface area contributed by atoms with Crippen molar-refractivity contribution in [2.24, 2.45) is 0 Å². The molecule has 0 saturated carbocycles. The van der Waals surface area contributed by atoms with Gasteiger partial charge in [-0.25, -0.2) is 4.79 Å². The summed E-state index contributed by atoms with van der Waals surface area (Å²) >= 11 is 0. The molecular formula is C14H10F3NO4. The van der Waals surface area contributed by atoms with E-state index in [4.69, 9.17) is 0 Å². The quantitative estimate of drug-likeness (QED) is 0.885. The molecule has 8 heteroatoms. The van der Waals surface area contributed by atoms with Gasteiger partial charge in [0.15, 0.2) is 0 Å². The zero-order valence-electron chi connectivity index (χ0n) is 11.2. The number of ether oxygens (including phenoxy) is 2. The molecule has 1 heterocycles. The van der Waals surface area contributed by atoms with Crippen LogP contribution in [0.15, 0.2) is 41.2 Å². The lowest BCUT2D eigenvalue weighted by Crippen LogP contribution is -2.17. The molecule has 1 N–H and O–H groups in total. The normalized spacial score (nSPS) is 11.1. The fraction of sp³-hybridized carbons (Fsp3) is 0.143. The first-order valence-corrected chi connectivity index (χ1v) is 5.98. The summed E-state index contributed by atoms with van der Waals surface area (Å²) in [6.45, 7) is 0. The maximum Gasteiger partial charge on any atom is 0.573 e. The number of esters is 1. The number of carbonyl (C=O) groups excluding carboxylic acids is 1. The fourth-order valence-electron chi connectivity index (χ4n) is 1.79. The summed E-state index contributed by atoms with van der Waals surface area (Å²) in [5.74, 6) is -1.17. The standard InChI is InChI=1S/C14H10F3NO4/c1-21-13(20)11-6-5-10(12(19)18-11)8-3-2-4-9(7-8)22-14(15,16)17/h2-7H,1H3,(H,18,19). The minimum atomic E-state index is -4.82. The van der Waals surface area contributed by atoms with E-state index in [-0.39, 0.29) is 16.8 Å². The minimum Gasteiger partial charge on any atom is -0.464 e. The first kappa shape index (κ1) is 15.6. The van der Waals surface area contributed by atoms with Crippen LogP contribution >= 0.6 is 0 Å². The van der Waals surface area contributed by atoms with Gasteiger partial charge in [0, 0.05) is 5.56 Å². The molecule has 5 nitrogen and oxygen atoms in total. The molecule has 0 radical (unpaired) electrons. The Morgan fingerprint density at radius 2 is 1.91 bits per heavy atom. The van der Waals surface area contributed by atoms with Gasteiger partial charge >= 0.3 is 12.3 Å². The number of hydrogen-bond acceptors (Lipinski definition) is 4. The van der Waals surface area contributed by atoms with Crippen molar-refractivity contribution in [3.63, 3.8) is 0 Å². The minimum absolute atomic E-state index is 0.0565. The van der Waals surface area contributed by atoms with Crippen molar-refractivity contribution in [2.45, 2.75) is 6.36 Å². The highest BCUT2D eigenvalue weighted by atomic mass is 19.4. The number of aromatic nitrogens is 1. The summed E-state index contributed by atoms with van der Waals surface area (Å²) in [6.07, 6.45) is -4.82. The third kappa shape index (κ3) is 3.66. The largest absolute Gasteiger partial charge is 0.573 e. The third-order valence-corrected chi connectivity index (χ3v) is 2.69. The lowest BCUT2D eigenvalue weighted by Gasteiger charge is -2.10. The summed E-state index contributed by atoms with van der Waals surface area (Å²) in [6, 6.07) is 7.59. The Balaban J connectivity index is 2.38. The van der Waals surface area contributed by atoms with Crippen LogP contribution in [0.5, 0.6) is 5.75 Å². The van der Waals surface area contributed by atoms with E-state index in [9.17, 15) is 22.8 Å². The summed E-state index contributed by atoms with van der Waals surface area (Å²) in [5, 5.41) is 0. The Bertz CT molecular complexity index is 752. The second-order valence-electron chi connectivity index (χ2n) is 4.18. The first-order valence-electron chi connectivity index (χ1n) is 5.98. The number of alkyl halides is 3. The molecule has 0 bridgehead atoms. The molecule has 0 aliphatic rings. The lowest BCUT2D eigenvalue weighted by molar-refractivity contribution is -0.274. The Morgan fingerprint density at radius 1 is 1.18 bits per heavy atom. The van der Waals surface area contributed by atoms with E-state index in [1.807, 2.05) is 0 Å². The van der Waals surface area contributed by atoms with Gasteiger partial charge in [0.05, 0.1) is 7.11 Å². The molecule has 0 saturated heterocycles. The van der Waals surface area contributed by atoms with Crippen LogP contribution in [0.3, 0.4) is 0 Å². The molecule has 0 aliphatic heterocycles. The zero-order chi connectivity index (χ0) is 16.3. The summed E-state index contributed by atoms with van der Waals surface area (Å²) in [5.41, 5.74) is -0.370. The van der Waals surface area contributed by atoms with Gasteiger partial charge in [0.2, 0.25) is 0 Å². The molecule has 2 rings (SSSR count). The molecule has 0 fully saturated rings. The van der Waals surface area contributed by atoms with Crippen LogP contribution in [0.1, 0.15) is 10.5 Å². The van der Waals surface area contributed by atoms with E-state index in [0.717, 1.165) is 19.2 Å². The van der Waals surface area contributed by atoms with E-state index >= 15 is 0 Å². The molecular weight excluding hydrogens is 303 g/mol. The number of carbonyl (C=O) groups is 1. The SMILES string of the molecule is COC(=O)c1ccc(-c2cccc(OC(F)(F)F)c2)c(=O)[nH]1. The highest BCUT2D eigenvalue weighted by Crippen LogP contribution is 2.26. The van der Waals surface area contributed by atoms with Crippen molar-refractivity contribution in [3.05, 3.63) is 52.4 Å². The fourth-order valence-corrected chi connectivity index (χ4v) is 1.79. The Labute approximate surface area is 122 Å². The van der Waals surface area contributed by atoms with Crippen molar-refractivity contribution in [1.29, 1.82) is 0 Å². The first-order chi connectivity index (χ1) is 10.3. The van der Waals surface area contributed by atoms with Crippen LogP contribution < -0.4 is 10.3 Å². The van der Waals surface area contributed by atoms with E-state index in [2.05, 4.69) is 14.5 Å². The van der Waals surface area contributed by atoms with Gasteiger partial charge < -0.3 is 14.5 Å². The maximum atomic E-state index is 12.2. The topological polar surface area (TPSA) is 68.4 Å². The Kier molecular flexibility index (Phi) is 4.20. The Morgan fingerprint density at radius 3 is 2.50 bits per heavy atom. The van der Waals surface area contributed by atoms with E-state index < -0.39 is 23.6 Å². The molecule has 0 spiro atoms. The molecule has 0 aliphatic carbocycles. The summed E-state index contributed by atoms with van der Waals surface area (Å²) < 4.78 is 44.8. The van der Waals surface area contributed by atoms with Crippen LogP contribution in [0.25, 0.3) is 11.1 Å². The van der Waals surface area contributed by atoms with Gasteiger partial charge in [0.1, 0.15) is 11.4 Å². The molecule has 1 aromatic heterocycles. The predicted octanol–water partition coefficient (Wildman–Crippen LogP) is 2.73. The van der Waals surface area contributed by atoms with Crippen LogP contribution in [-0.4, -0.2) is 24.4 Å². The molecule has 0 atom stereocenters. The summed E-state index contributed by atoms with van der Waals surface area (Å²) in [4.78, 5) is 25.5. The molecule has 2 aromatic rings. The smallest absolute Gasteiger partial charge is 0.464 e. The van der Waals surface area contributed by atoms with Gasteiger partial charge in [-0.1, -0.05) is 12.1 Å². The molecule has 116 valence electrons. The number of halogens is 3. The van der Waals surface area contributed by atoms with Crippen molar-refractivity contribution < 1.29 is 27.4 Å². The van der Waals surface area contributed by atoms with Crippen LogP contribution in [0.4, 0.5) is 13.2 Å². The second kappa shape index (κ2) is 5.92. The molecule has 1 aromatic carbocycles. The number of hydrogen-bond donors (Lipinski definition) is 1. The molecule has 0 amide bonds. The number of aromatic amines is 1. The highest BCUT2D eigenvalue weighted by Gasteiger charge is 2.31. The van der Waals surface area contributed by atoms with E-state index in [1.54, 1.807) is 0 Å². The Hall–Kier alpha value is -2.77. The third-order valence-electron chi connectivity index (χ3n) is 2.69. The average Bonchev–Trinajstić information content (AvgIpc) is 2.44. The highest BCUT2D eigenvalue weighted by molar-refractivity contribution is 5.87. The second-order valence-corrected chi connectivity index (χ2v) is 4.18. The number of methoxy groups -OCH3 is 1. The number of benzene rings is 1. The van der Waals surface area contributed by atoms with E-state index in [1.165, 1.54) is 24.3 Å². The van der Waals surface area contributed by atoms with Crippen LogP contribution in [0.2, 0.25) is 0 Å². The van der Waals surface area contributed by atoms with Gasteiger partial charge in [-0.15, -0.1) is 13.2 Å². The number of pyridine rings is 1. The van der Waals surface area contributed by atoms with E-state index in [0.29, 0.717) is 0 Å². The van der Waals surface area contributed by atoms with Crippen molar-refractivity contribution in [2.75, 3.05) is 7.11 Å². The van der Waals surface area contributed by atoms with Gasteiger partial charge in [-0.2, -0.15) is 0 Å². The molecule has 22 heavy (non-hydrogen) atoms. The van der Waals surface area contributed by atoms with Crippen LogP contribution in [-0.2, 0) is 4.74 Å². The summed E-state index contributed by atoms with van der Waals surface area (Å²) in [7, 11) is 1.16. The van der Waals surface area contributed by atoms with Crippen LogP contribution in [0, 0.1) is 0 Å². The van der Waals surface area contributed by atoms with Gasteiger partial charge in [0.25, 0.3) is 5.56 Å². The van der Waals surface area contributed by atoms with Crippen molar-refractivity contribution >= 4 is 5.97 Å². The van der Waals surface area contributed by atoms with Crippen molar-refractivity contribution in [1.82, 2.24) is 4.98 Å². The number of H-pyrrole nitrogens is 1.